The van der Waals surface area contributed by atoms with Gasteiger partial charge in [0.1, 0.15) is 6.17 Å². The summed E-state index contributed by atoms with van der Waals surface area (Å²) in [5, 5.41) is 3.99. The number of hydrogen-bond acceptors (Lipinski definition) is 2. The van der Waals surface area contributed by atoms with E-state index < -0.39 is 0 Å². The Morgan fingerprint density at radius 2 is 1.95 bits per heavy atom. The number of carbonyl (C=O) groups is 1. The molecule has 1 aromatic rings. The van der Waals surface area contributed by atoms with Gasteiger partial charge in [-0.05, 0) is 29.5 Å². The van der Waals surface area contributed by atoms with Crippen LogP contribution in [0.15, 0.2) is 24.3 Å². The molecule has 0 aromatic heterocycles. The van der Waals surface area contributed by atoms with Crippen LogP contribution < -0.4 is 5.32 Å². The molecule has 19 heavy (non-hydrogen) atoms. The van der Waals surface area contributed by atoms with Crippen LogP contribution in [0, 0.1) is 11.8 Å². The summed E-state index contributed by atoms with van der Waals surface area (Å²) in [4.78, 5) is 14.0. The molecule has 1 heterocycles. The molecule has 2 unspecified atom stereocenters. The van der Waals surface area contributed by atoms with Gasteiger partial charge in [0.2, 0.25) is 5.91 Å². The molecule has 1 fully saturated rings. The van der Waals surface area contributed by atoms with E-state index in [2.05, 4.69) is 26.1 Å². The van der Waals surface area contributed by atoms with E-state index in [1.54, 1.807) is 0 Å². The summed E-state index contributed by atoms with van der Waals surface area (Å²) >= 11 is 5.91. The number of nitrogens with zero attached hydrogens (tertiary/aromatic N) is 1. The van der Waals surface area contributed by atoms with Crippen molar-refractivity contribution in [1.29, 1.82) is 0 Å². The molecular formula is C15H21ClN2O. The Kier molecular flexibility index (Phi) is 4.48. The molecule has 4 heteroatoms. The maximum Gasteiger partial charge on any atom is 0.238 e. The van der Waals surface area contributed by atoms with Crippen molar-refractivity contribution < 1.29 is 4.79 Å². The zero-order valence-corrected chi connectivity index (χ0v) is 12.4. The first kappa shape index (κ1) is 14.4. The zero-order chi connectivity index (χ0) is 14.0. The Balaban J connectivity index is 2.15. The fourth-order valence-electron chi connectivity index (χ4n) is 2.21. The highest BCUT2D eigenvalue weighted by Crippen LogP contribution is 2.26. The summed E-state index contributed by atoms with van der Waals surface area (Å²) < 4.78 is 0. The highest BCUT2D eigenvalue weighted by Gasteiger charge is 2.32. The SMILES string of the molecule is CC(C)C(C)CN1C(=O)CNC1c1ccc(Cl)cc1. The van der Waals surface area contributed by atoms with Gasteiger partial charge in [-0.1, -0.05) is 44.5 Å². The second kappa shape index (κ2) is 5.93. The molecule has 1 aromatic carbocycles. The van der Waals surface area contributed by atoms with Crippen LogP contribution in [0.3, 0.4) is 0 Å². The summed E-state index contributed by atoms with van der Waals surface area (Å²) in [6.45, 7) is 7.77. The predicted octanol–water partition coefficient (Wildman–Crippen LogP) is 3.06. The number of rotatable bonds is 4. The van der Waals surface area contributed by atoms with Gasteiger partial charge in [0.15, 0.2) is 0 Å². The first-order valence-electron chi connectivity index (χ1n) is 6.77. The van der Waals surface area contributed by atoms with Crippen LogP contribution in [0.5, 0.6) is 0 Å². The summed E-state index contributed by atoms with van der Waals surface area (Å²) in [7, 11) is 0. The van der Waals surface area contributed by atoms with Crippen molar-refractivity contribution in [2.75, 3.05) is 13.1 Å². The fraction of sp³-hybridized carbons (Fsp3) is 0.533. The molecule has 0 radical (unpaired) electrons. The smallest absolute Gasteiger partial charge is 0.238 e. The Hall–Kier alpha value is -1.06. The lowest BCUT2D eigenvalue weighted by Crippen LogP contribution is -2.35. The monoisotopic (exact) mass is 280 g/mol. The first-order chi connectivity index (χ1) is 8.99. The lowest BCUT2D eigenvalue weighted by atomic mass is 9.97. The van der Waals surface area contributed by atoms with Crippen molar-refractivity contribution in [2.24, 2.45) is 11.8 Å². The Morgan fingerprint density at radius 1 is 1.32 bits per heavy atom. The molecule has 0 saturated carbocycles. The van der Waals surface area contributed by atoms with E-state index in [1.165, 1.54) is 0 Å². The summed E-state index contributed by atoms with van der Waals surface area (Å²) in [5.41, 5.74) is 1.09. The number of nitrogens with one attached hydrogen (secondary N) is 1. The molecule has 1 saturated heterocycles. The molecule has 1 aliphatic heterocycles. The maximum atomic E-state index is 12.0. The van der Waals surface area contributed by atoms with Gasteiger partial charge < -0.3 is 4.90 Å². The molecule has 0 bridgehead atoms. The molecule has 0 spiro atoms. The van der Waals surface area contributed by atoms with E-state index in [4.69, 9.17) is 11.6 Å². The minimum absolute atomic E-state index is 0.0223. The van der Waals surface area contributed by atoms with Crippen LogP contribution in [-0.2, 0) is 4.79 Å². The van der Waals surface area contributed by atoms with E-state index in [-0.39, 0.29) is 12.1 Å². The lowest BCUT2D eigenvalue weighted by Gasteiger charge is -2.29. The van der Waals surface area contributed by atoms with Gasteiger partial charge in [-0.25, -0.2) is 0 Å². The molecule has 0 aliphatic carbocycles. The standard InChI is InChI=1S/C15H21ClN2O/c1-10(2)11(3)9-18-14(19)8-17-15(18)12-4-6-13(16)7-5-12/h4-7,10-11,15,17H,8-9H2,1-3H3. The van der Waals surface area contributed by atoms with Crippen molar-refractivity contribution in [3.63, 3.8) is 0 Å². The third-order valence-corrected chi connectivity index (χ3v) is 4.14. The number of carbonyl (C=O) groups excluding carboxylic acids is 1. The third kappa shape index (κ3) is 3.28. The molecule has 104 valence electrons. The summed E-state index contributed by atoms with van der Waals surface area (Å²) in [5.74, 6) is 1.23. The Labute approximate surface area is 119 Å². The van der Waals surface area contributed by atoms with E-state index in [0.29, 0.717) is 18.4 Å². The second-order valence-corrected chi connectivity index (χ2v) is 6.04. The van der Waals surface area contributed by atoms with Gasteiger partial charge >= 0.3 is 0 Å². The van der Waals surface area contributed by atoms with Gasteiger partial charge in [-0.2, -0.15) is 0 Å². The zero-order valence-electron chi connectivity index (χ0n) is 11.7. The normalized spacial score (nSPS) is 21.2. The number of halogens is 1. The van der Waals surface area contributed by atoms with Crippen molar-refractivity contribution in [3.05, 3.63) is 34.9 Å². The van der Waals surface area contributed by atoms with Crippen molar-refractivity contribution in [2.45, 2.75) is 26.9 Å². The van der Waals surface area contributed by atoms with Crippen LogP contribution in [-0.4, -0.2) is 23.9 Å². The van der Waals surface area contributed by atoms with E-state index in [0.717, 1.165) is 17.1 Å². The predicted molar refractivity (Wildman–Crippen MR) is 77.9 cm³/mol. The minimum atomic E-state index is -0.0223. The molecule has 2 atom stereocenters. The van der Waals surface area contributed by atoms with Gasteiger partial charge in [0.25, 0.3) is 0 Å². The highest BCUT2D eigenvalue weighted by atomic mass is 35.5. The molecule has 1 amide bonds. The van der Waals surface area contributed by atoms with Gasteiger partial charge in [0.05, 0.1) is 6.54 Å². The van der Waals surface area contributed by atoms with E-state index in [9.17, 15) is 4.79 Å². The number of amides is 1. The quantitative estimate of drug-likeness (QED) is 0.919. The Bertz CT molecular complexity index is 444. The van der Waals surface area contributed by atoms with Gasteiger partial charge in [-0.3, -0.25) is 10.1 Å². The highest BCUT2D eigenvalue weighted by molar-refractivity contribution is 6.30. The number of benzene rings is 1. The molecular weight excluding hydrogens is 260 g/mol. The number of hydrogen-bond donors (Lipinski definition) is 1. The third-order valence-electron chi connectivity index (χ3n) is 3.89. The average molecular weight is 281 g/mol. The maximum absolute atomic E-state index is 12.0. The fourth-order valence-corrected chi connectivity index (χ4v) is 2.34. The summed E-state index contributed by atoms with van der Waals surface area (Å²) in [6.07, 6.45) is -0.0223. The van der Waals surface area contributed by atoms with Crippen LogP contribution >= 0.6 is 11.6 Å². The van der Waals surface area contributed by atoms with Crippen LogP contribution in [0.4, 0.5) is 0 Å². The molecule has 3 nitrogen and oxygen atoms in total. The van der Waals surface area contributed by atoms with Crippen LogP contribution in [0.25, 0.3) is 0 Å². The van der Waals surface area contributed by atoms with Gasteiger partial charge in [0, 0.05) is 11.6 Å². The average Bonchev–Trinajstić information content (AvgIpc) is 2.72. The topological polar surface area (TPSA) is 32.3 Å². The van der Waals surface area contributed by atoms with Gasteiger partial charge in [-0.15, -0.1) is 0 Å². The first-order valence-corrected chi connectivity index (χ1v) is 7.15. The molecule has 1 N–H and O–H groups in total. The lowest BCUT2D eigenvalue weighted by molar-refractivity contribution is -0.128. The van der Waals surface area contributed by atoms with Crippen molar-refractivity contribution >= 4 is 17.5 Å². The summed E-state index contributed by atoms with van der Waals surface area (Å²) in [6, 6.07) is 7.69. The van der Waals surface area contributed by atoms with Crippen molar-refractivity contribution in [3.8, 4) is 0 Å². The van der Waals surface area contributed by atoms with E-state index >= 15 is 0 Å². The van der Waals surface area contributed by atoms with E-state index in [1.807, 2.05) is 29.2 Å². The van der Waals surface area contributed by atoms with Crippen LogP contribution in [0.2, 0.25) is 5.02 Å². The second-order valence-electron chi connectivity index (χ2n) is 5.60. The largest absolute Gasteiger partial charge is 0.322 e. The molecule has 2 rings (SSSR count). The Morgan fingerprint density at radius 3 is 2.53 bits per heavy atom. The van der Waals surface area contributed by atoms with Crippen molar-refractivity contribution in [1.82, 2.24) is 10.2 Å². The minimum Gasteiger partial charge on any atom is -0.322 e. The van der Waals surface area contributed by atoms with Crippen LogP contribution in [0.1, 0.15) is 32.5 Å². The molecule has 1 aliphatic rings.